The van der Waals surface area contributed by atoms with E-state index in [-0.39, 0.29) is 11.8 Å². The molecular formula is C16H21F3N4O. The molecule has 132 valence electrons. The fourth-order valence-electron chi connectivity index (χ4n) is 2.63. The zero-order chi connectivity index (χ0) is 17.7. The topological polar surface area (TPSA) is 66.0 Å². The van der Waals surface area contributed by atoms with Gasteiger partial charge in [0.05, 0.1) is 12.6 Å². The van der Waals surface area contributed by atoms with Crippen molar-refractivity contribution < 1.29 is 17.9 Å². The van der Waals surface area contributed by atoms with Gasteiger partial charge in [-0.05, 0) is 23.6 Å². The molecule has 1 aromatic heterocycles. The first-order valence-corrected chi connectivity index (χ1v) is 7.82. The van der Waals surface area contributed by atoms with E-state index in [1.54, 1.807) is 16.8 Å². The molecule has 0 amide bonds. The normalized spacial score (nSPS) is 13.3. The van der Waals surface area contributed by atoms with Gasteiger partial charge in [-0.15, -0.1) is 13.2 Å². The molecule has 0 aliphatic rings. The summed E-state index contributed by atoms with van der Waals surface area (Å²) in [7, 11) is 0. The maximum atomic E-state index is 12.2. The largest absolute Gasteiger partial charge is 0.573 e. The molecule has 0 saturated heterocycles. The van der Waals surface area contributed by atoms with Gasteiger partial charge in [0.25, 0.3) is 0 Å². The van der Waals surface area contributed by atoms with Crippen LogP contribution >= 0.6 is 0 Å². The number of benzene rings is 1. The minimum atomic E-state index is -4.69. The quantitative estimate of drug-likeness (QED) is 0.834. The first kappa shape index (κ1) is 18.3. The van der Waals surface area contributed by atoms with Crippen LogP contribution in [0, 0.1) is 5.92 Å². The fourth-order valence-corrected chi connectivity index (χ4v) is 2.63. The Morgan fingerprint density at radius 2 is 1.79 bits per heavy atom. The lowest BCUT2D eigenvalue weighted by Gasteiger charge is -2.21. The molecule has 2 N–H and O–H groups in total. The number of aromatic nitrogens is 3. The molecule has 24 heavy (non-hydrogen) atoms. The number of nitrogens with zero attached hydrogens (tertiary/aromatic N) is 3. The van der Waals surface area contributed by atoms with E-state index in [9.17, 15) is 13.2 Å². The summed E-state index contributed by atoms with van der Waals surface area (Å²) in [5.74, 6) is 0.730. The molecule has 5 nitrogen and oxygen atoms in total. The van der Waals surface area contributed by atoms with Gasteiger partial charge in [0, 0.05) is 0 Å². The van der Waals surface area contributed by atoms with Crippen LogP contribution in [0.15, 0.2) is 30.6 Å². The van der Waals surface area contributed by atoms with E-state index in [1.165, 1.54) is 18.5 Å². The van der Waals surface area contributed by atoms with Crippen LogP contribution in [0.3, 0.4) is 0 Å². The van der Waals surface area contributed by atoms with Crippen molar-refractivity contribution in [3.05, 3.63) is 42.0 Å². The zero-order valence-electron chi connectivity index (χ0n) is 13.6. The maximum absolute atomic E-state index is 12.2. The van der Waals surface area contributed by atoms with Crippen LogP contribution in [0.4, 0.5) is 13.2 Å². The average molecular weight is 342 g/mol. The number of ether oxygens (including phenoxy) is 1. The van der Waals surface area contributed by atoms with Gasteiger partial charge in [0.2, 0.25) is 0 Å². The predicted molar refractivity (Wildman–Crippen MR) is 83.2 cm³/mol. The third-order valence-electron chi connectivity index (χ3n) is 3.99. The molecule has 0 aliphatic carbocycles. The molecule has 2 rings (SSSR count). The first-order valence-electron chi connectivity index (χ1n) is 7.82. The molecule has 8 heteroatoms. The molecule has 1 aromatic carbocycles. The number of hydrogen-bond donors (Lipinski definition) is 1. The Labute approximate surface area is 138 Å². The molecule has 0 spiro atoms. The summed E-state index contributed by atoms with van der Waals surface area (Å²) in [6, 6.07) is 5.46. The SMILES string of the molecule is CCC(CC)C(N)c1ncnn1Cc1ccc(OC(F)(F)F)cc1. The lowest BCUT2D eigenvalue weighted by atomic mass is 9.94. The molecular weight excluding hydrogens is 321 g/mol. The second-order valence-corrected chi connectivity index (χ2v) is 5.57. The van der Waals surface area contributed by atoms with Crippen molar-refractivity contribution in [2.24, 2.45) is 11.7 Å². The Kier molecular flexibility index (Phi) is 5.82. The van der Waals surface area contributed by atoms with Crippen molar-refractivity contribution in [3.63, 3.8) is 0 Å². The third-order valence-corrected chi connectivity index (χ3v) is 3.99. The maximum Gasteiger partial charge on any atom is 0.573 e. The van der Waals surface area contributed by atoms with Crippen molar-refractivity contribution in [1.82, 2.24) is 14.8 Å². The second-order valence-electron chi connectivity index (χ2n) is 5.57. The van der Waals surface area contributed by atoms with Crippen molar-refractivity contribution in [1.29, 1.82) is 0 Å². The molecule has 1 atom stereocenters. The zero-order valence-corrected chi connectivity index (χ0v) is 13.6. The van der Waals surface area contributed by atoms with Gasteiger partial charge >= 0.3 is 6.36 Å². The van der Waals surface area contributed by atoms with E-state index in [2.05, 4.69) is 28.7 Å². The number of rotatable bonds is 7. The van der Waals surface area contributed by atoms with E-state index in [0.29, 0.717) is 18.3 Å². The van der Waals surface area contributed by atoms with Crippen molar-refractivity contribution in [2.45, 2.75) is 45.6 Å². The van der Waals surface area contributed by atoms with Crippen molar-refractivity contribution >= 4 is 0 Å². The summed E-state index contributed by atoms with van der Waals surface area (Å²) in [6.07, 6.45) is -1.37. The second kappa shape index (κ2) is 7.65. The van der Waals surface area contributed by atoms with Crippen LogP contribution in [-0.4, -0.2) is 21.1 Å². The van der Waals surface area contributed by atoms with Gasteiger partial charge in [0.15, 0.2) is 0 Å². The molecule has 0 radical (unpaired) electrons. The van der Waals surface area contributed by atoms with Gasteiger partial charge in [-0.2, -0.15) is 5.10 Å². The Balaban J connectivity index is 2.11. The molecule has 0 aliphatic heterocycles. The van der Waals surface area contributed by atoms with E-state index in [1.807, 2.05) is 0 Å². The first-order chi connectivity index (χ1) is 11.3. The third kappa shape index (κ3) is 4.70. The van der Waals surface area contributed by atoms with Gasteiger partial charge in [0.1, 0.15) is 17.9 Å². The van der Waals surface area contributed by atoms with Gasteiger partial charge in [-0.1, -0.05) is 38.8 Å². The lowest BCUT2D eigenvalue weighted by Crippen LogP contribution is -2.25. The van der Waals surface area contributed by atoms with Crippen LogP contribution < -0.4 is 10.5 Å². The van der Waals surface area contributed by atoms with Crippen LogP contribution in [0.25, 0.3) is 0 Å². The van der Waals surface area contributed by atoms with Crippen LogP contribution in [0.2, 0.25) is 0 Å². The molecule has 2 aromatic rings. The Hall–Kier alpha value is -2.09. The molecule has 0 saturated carbocycles. The van der Waals surface area contributed by atoms with Gasteiger partial charge in [-0.3, -0.25) is 0 Å². The highest BCUT2D eigenvalue weighted by Gasteiger charge is 2.31. The van der Waals surface area contributed by atoms with E-state index in [4.69, 9.17) is 5.73 Å². The summed E-state index contributed by atoms with van der Waals surface area (Å²) in [5.41, 5.74) is 7.07. The van der Waals surface area contributed by atoms with Crippen LogP contribution in [0.1, 0.15) is 44.1 Å². The molecule has 0 bridgehead atoms. The minimum Gasteiger partial charge on any atom is -0.406 e. The Morgan fingerprint density at radius 1 is 1.17 bits per heavy atom. The van der Waals surface area contributed by atoms with Gasteiger partial charge in [-0.25, -0.2) is 9.67 Å². The molecule has 1 heterocycles. The summed E-state index contributed by atoms with van der Waals surface area (Å²) in [5, 5.41) is 4.18. The van der Waals surface area contributed by atoms with E-state index < -0.39 is 6.36 Å². The smallest absolute Gasteiger partial charge is 0.406 e. The average Bonchev–Trinajstić information content (AvgIpc) is 2.97. The number of alkyl halides is 3. The van der Waals surface area contributed by atoms with Crippen LogP contribution in [-0.2, 0) is 6.54 Å². The highest BCUT2D eigenvalue weighted by molar-refractivity contribution is 5.27. The lowest BCUT2D eigenvalue weighted by molar-refractivity contribution is -0.274. The Bertz CT molecular complexity index is 636. The van der Waals surface area contributed by atoms with E-state index >= 15 is 0 Å². The number of halogens is 3. The number of hydrogen-bond acceptors (Lipinski definition) is 4. The molecule has 1 unspecified atom stereocenters. The summed E-state index contributed by atoms with van der Waals surface area (Å²) < 4.78 is 42.1. The van der Waals surface area contributed by atoms with Crippen molar-refractivity contribution in [3.8, 4) is 5.75 Å². The summed E-state index contributed by atoms with van der Waals surface area (Å²) >= 11 is 0. The van der Waals surface area contributed by atoms with Gasteiger partial charge < -0.3 is 10.5 Å². The monoisotopic (exact) mass is 342 g/mol. The molecule has 0 fully saturated rings. The summed E-state index contributed by atoms with van der Waals surface area (Å²) in [4.78, 5) is 4.25. The highest BCUT2D eigenvalue weighted by Crippen LogP contribution is 2.25. The number of nitrogens with two attached hydrogens (primary N) is 1. The Morgan fingerprint density at radius 3 is 2.33 bits per heavy atom. The van der Waals surface area contributed by atoms with Crippen LogP contribution in [0.5, 0.6) is 5.75 Å². The van der Waals surface area contributed by atoms with Crippen molar-refractivity contribution in [2.75, 3.05) is 0 Å². The summed E-state index contributed by atoms with van der Waals surface area (Å²) in [6.45, 7) is 4.54. The standard InChI is InChI=1S/C16H21F3N4O/c1-3-12(4-2)14(20)15-21-10-22-23(15)9-11-5-7-13(8-6-11)24-16(17,18)19/h5-8,10,12,14H,3-4,9,20H2,1-2H3. The van der Waals surface area contributed by atoms with E-state index in [0.717, 1.165) is 18.4 Å². The highest BCUT2D eigenvalue weighted by atomic mass is 19.4. The fraction of sp³-hybridized carbons (Fsp3) is 0.500. The predicted octanol–water partition coefficient (Wildman–Crippen LogP) is 3.66. The minimum absolute atomic E-state index is 0.227.